The van der Waals surface area contributed by atoms with Crippen molar-refractivity contribution in [2.24, 2.45) is 0 Å². The SMILES string of the molecule is c1ccc(-c2nc3c4c5ccccc5n(-c5ccccc5)c4c4c5ccccc5n(-c5nccc(-c6cccnc6)n5)c4c3n2-c2ccccc2)cc1. The maximum Gasteiger partial charge on any atom is 0.235 e. The minimum absolute atomic E-state index is 0.572. The van der Waals surface area contributed by atoms with E-state index in [1.54, 1.807) is 6.20 Å². The molecule has 0 bridgehead atoms. The molecule has 7 nitrogen and oxygen atoms in total. The highest BCUT2D eigenvalue weighted by Gasteiger charge is 2.29. The minimum atomic E-state index is 0.572. The molecule has 0 N–H and O–H groups in total. The van der Waals surface area contributed by atoms with Gasteiger partial charge in [0.15, 0.2) is 0 Å². The van der Waals surface area contributed by atoms with Gasteiger partial charge in [-0.2, -0.15) is 0 Å². The van der Waals surface area contributed by atoms with E-state index in [0.717, 1.165) is 88.7 Å². The Morgan fingerprint density at radius 1 is 0.415 bits per heavy atom. The summed E-state index contributed by atoms with van der Waals surface area (Å²) in [5.41, 5.74) is 10.9. The van der Waals surface area contributed by atoms with Crippen LogP contribution in [0.25, 0.3) is 94.6 Å². The lowest BCUT2D eigenvalue weighted by molar-refractivity contribution is 0.990. The largest absolute Gasteiger partial charge is 0.308 e. The summed E-state index contributed by atoms with van der Waals surface area (Å²) in [4.78, 5) is 20.3. The van der Waals surface area contributed by atoms with Crippen LogP contribution in [0.5, 0.6) is 0 Å². The number of rotatable bonds is 5. The molecule has 0 radical (unpaired) electrons. The van der Waals surface area contributed by atoms with Crippen LogP contribution < -0.4 is 0 Å². The van der Waals surface area contributed by atoms with Gasteiger partial charge in [-0.15, -0.1) is 0 Å². The molecule has 5 aromatic heterocycles. The molecule has 0 unspecified atom stereocenters. The van der Waals surface area contributed by atoms with E-state index in [-0.39, 0.29) is 0 Å². The van der Waals surface area contributed by atoms with Crippen molar-refractivity contribution in [2.45, 2.75) is 0 Å². The molecule has 248 valence electrons. The first-order chi connectivity index (χ1) is 26.3. The fourth-order valence-electron chi connectivity index (χ4n) is 8.03. The van der Waals surface area contributed by atoms with Crippen molar-refractivity contribution in [2.75, 3.05) is 0 Å². The summed E-state index contributed by atoms with van der Waals surface area (Å²) in [5.74, 6) is 1.43. The second-order valence-corrected chi connectivity index (χ2v) is 13.1. The van der Waals surface area contributed by atoms with Crippen molar-refractivity contribution in [1.82, 2.24) is 33.6 Å². The molecule has 0 amide bonds. The summed E-state index contributed by atoms with van der Waals surface area (Å²) in [6.45, 7) is 0. The third-order valence-corrected chi connectivity index (χ3v) is 10.2. The molecule has 0 atom stereocenters. The van der Waals surface area contributed by atoms with E-state index in [9.17, 15) is 0 Å². The third-order valence-electron chi connectivity index (χ3n) is 10.2. The number of aromatic nitrogens is 7. The van der Waals surface area contributed by atoms with Crippen molar-refractivity contribution in [3.63, 3.8) is 0 Å². The number of imidazole rings is 1. The number of para-hydroxylation sites is 4. The highest BCUT2D eigenvalue weighted by Crippen LogP contribution is 2.48. The Kier molecular flexibility index (Phi) is 6.42. The second kappa shape index (κ2) is 11.6. The molecule has 0 aliphatic rings. The van der Waals surface area contributed by atoms with Gasteiger partial charge in [-0.1, -0.05) is 103 Å². The topological polar surface area (TPSA) is 66.3 Å². The van der Waals surface area contributed by atoms with E-state index in [1.807, 2.05) is 36.7 Å². The van der Waals surface area contributed by atoms with Gasteiger partial charge < -0.3 is 4.57 Å². The van der Waals surface area contributed by atoms with Crippen molar-refractivity contribution < 1.29 is 0 Å². The van der Waals surface area contributed by atoms with Gasteiger partial charge in [0, 0.05) is 62.6 Å². The second-order valence-electron chi connectivity index (χ2n) is 13.1. The molecule has 11 aromatic rings. The highest BCUT2D eigenvalue weighted by atomic mass is 15.2. The van der Waals surface area contributed by atoms with Gasteiger partial charge in [0.1, 0.15) is 11.3 Å². The fourth-order valence-corrected chi connectivity index (χ4v) is 8.03. The first-order valence-electron chi connectivity index (χ1n) is 17.7. The van der Waals surface area contributed by atoms with Crippen LogP contribution >= 0.6 is 0 Å². The van der Waals surface area contributed by atoms with Crippen LogP contribution in [-0.2, 0) is 0 Å². The van der Waals surface area contributed by atoms with E-state index >= 15 is 0 Å². The Morgan fingerprint density at radius 3 is 1.72 bits per heavy atom. The normalized spacial score (nSPS) is 11.8. The lowest BCUT2D eigenvalue weighted by atomic mass is 10.1. The quantitative estimate of drug-likeness (QED) is 0.182. The fraction of sp³-hybridized carbons (Fsp3) is 0. The van der Waals surface area contributed by atoms with Gasteiger partial charge in [0.2, 0.25) is 5.95 Å². The van der Waals surface area contributed by atoms with Gasteiger partial charge in [-0.05, 0) is 54.6 Å². The third kappa shape index (κ3) is 4.34. The van der Waals surface area contributed by atoms with Crippen molar-refractivity contribution in [3.8, 4) is 40.0 Å². The van der Waals surface area contributed by atoms with Gasteiger partial charge in [-0.3, -0.25) is 14.1 Å². The Morgan fingerprint density at radius 2 is 1.02 bits per heavy atom. The molecule has 0 spiro atoms. The maximum absolute atomic E-state index is 5.65. The van der Waals surface area contributed by atoms with Gasteiger partial charge >= 0.3 is 0 Å². The maximum atomic E-state index is 5.65. The molecule has 0 saturated heterocycles. The van der Waals surface area contributed by atoms with Crippen molar-refractivity contribution in [3.05, 3.63) is 176 Å². The molecule has 0 aliphatic carbocycles. The van der Waals surface area contributed by atoms with Gasteiger partial charge in [-0.25, -0.2) is 15.0 Å². The van der Waals surface area contributed by atoms with Crippen LogP contribution in [-0.4, -0.2) is 33.6 Å². The molecule has 11 rings (SSSR count). The zero-order chi connectivity index (χ0) is 34.9. The van der Waals surface area contributed by atoms with Gasteiger partial charge in [0.25, 0.3) is 0 Å². The Hall–Kier alpha value is -7.38. The molecule has 7 heteroatoms. The summed E-state index contributed by atoms with van der Waals surface area (Å²) in [6, 6.07) is 54.8. The van der Waals surface area contributed by atoms with Crippen LogP contribution in [0, 0.1) is 0 Å². The van der Waals surface area contributed by atoms with E-state index in [2.05, 4.69) is 152 Å². The molecule has 0 fully saturated rings. The average molecular weight is 680 g/mol. The molecule has 0 saturated carbocycles. The highest BCUT2D eigenvalue weighted by molar-refractivity contribution is 6.36. The van der Waals surface area contributed by atoms with Crippen LogP contribution in [0.1, 0.15) is 0 Å². The number of hydrogen-bond donors (Lipinski definition) is 0. The first kappa shape index (κ1) is 29.4. The number of nitrogens with zero attached hydrogens (tertiary/aromatic N) is 7. The average Bonchev–Trinajstić information content (AvgIpc) is 3.91. The van der Waals surface area contributed by atoms with Crippen molar-refractivity contribution >= 4 is 54.6 Å². The zero-order valence-electron chi connectivity index (χ0n) is 28.4. The monoisotopic (exact) mass is 679 g/mol. The van der Waals surface area contributed by atoms with Crippen molar-refractivity contribution in [1.29, 1.82) is 0 Å². The molecule has 5 heterocycles. The van der Waals surface area contributed by atoms with Crippen LogP contribution in [0.15, 0.2) is 176 Å². The summed E-state index contributed by atoms with van der Waals surface area (Å²) < 4.78 is 6.95. The molecular formula is C46H29N7. The lowest BCUT2D eigenvalue weighted by Gasteiger charge is -2.14. The number of fused-ring (bicyclic) bond motifs is 10. The van der Waals surface area contributed by atoms with Crippen LogP contribution in [0.3, 0.4) is 0 Å². The lowest BCUT2D eigenvalue weighted by Crippen LogP contribution is -2.04. The number of pyridine rings is 1. The predicted molar refractivity (Wildman–Crippen MR) is 214 cm³/mol. The van der Waals surface area contributed by atoms with Crippen LogP contribution in [0.2, 0.25) is 0 Å². The van der Waals surface area contributed by atoms with E-state index in [0.29, 0.717) is 5.95 Å². The summed E-state index contributed by atoms with van der Waals surface area (Å²) in [5, 5.41) is 4.45. The van der Waals surface area contributed by atoms with E-state index in [4.69, 9.17) is 15.0 Å². The number of benzene rings is 6. The van der Waals surface area contributed by atoms with E-state index in [1.165, 1.54) is 0 Å². The summed E-state index contributed by atoms with van der Waals surface area (Å²) in [6.07, 6.45) is 5.46. The molecule has 53 heavy (non-hydrogen) atoms. The Bertz CT molecular complexity index is 3140. The Labute approximate surface area is 303 Å². The zero-order valence-corrected chi connectivity index (χ0v) is 28.4. The Balaban J connectivity index is 1.44. The first-order valence-corrected chi connectivity index (χ1v) is 17.7. The smallest absolute Gasteiger partial charge is 0.235 e. The molecular weight excluding hydrogens is 651 g/mol. The van der Waals surface area contributed by atoms with Crippen LogP contribution in [0.4, 0.5) is 0 Å². The predicted octanol–water partition coefficient (Wildman–Crippen LogP) is 10.7. The molecule has 6 aromatic carbocycles. The minimum Gasteiger partial charge on any atom is -0.308 e. The standard InChI is InChI=1S/C46H29N7/c1-4-15-30(16-5-1)45-50-41-39-34-22-10-12-24-37(34)51(32-18-6-2-7-19-32)42(39)40-35-23-11-13-25-38(35)53(43(40)44(41)52(45)33-20-8-3-9-21-33)46-48-28-26-36(49-46)31-17-14-27-47-29-31/h1-29H. The van der Waals surface area contributed by atoms with Gasteiger partial charge in [0.05, 0.1) is 33.3 Å². The number of hydrogen-bond acceptors (Lipinski definition) is 4. The molecule has 0 aliphatic heterocycles. The summed E-state index contributed by atoms with van der Waals surface area (Å²) in [7, 11) is 0. The summed E-state index contributed by atoms with van der Waals surface area (Å²) >= 11 is 0. The van der Waals surface area contributed by atoms with E-state index < -0.39 is 0 Å².